The van der Waals surface area contributed by atoms with Gasteiger partial charge in [0, 0.05) is 0 Å². The Labute approximate surface area is 141 Å². The highest BCUT2D eigenvalue weighted by molar-refractivity contribution is 6.11. The van der Waals surface area contributed by atoms with E-state index in [4.69, 9.17) is 9.57 Å². The Morgan fingerprint density at radius 3 is 2.46 bits per heavy atom. The van der Waals surface area contributed by atoms with Crippen LogP contribution in [-0.4, -0.2) is 34.9 Å². The van der Waals surface area contributed by atoms with Crippen LogP contribution in [-0.2, 0) is 30.6 Å². The lowest BCUT2D eigenvalue weighted by atomic mass is 9.85. The number of rotatable bonds is 4. The number of ether oxygens (including phenoxy) is 1. The minimum Gasteiger partial charge on any atom is -0.459 e. The quantitative estimate of drug-likeness (QED) is 0.478. The molecule has 0 aliphatic carbocycles. The molecule has 0 spiro atoms. The lowest BCUT2D eigenvalue weighted by Crippen LogP contribution is -2.40. The molecule has 0 bridgehead atoms. The second-order valence-corrected chi connectivity index (χ2v) is 6.80. The Morgan fingerprint density at radius 2 is 1.92 bits per heavy atom. The van der Waals surface area contributed by atoms with Crippen LogP contribution < -0.4 is 0 Å². The van der Waals surface area contributed by atoms with Crippen molar-refractivity contribution in [2.45, 2.75) is 39.9 Å². The number of nitrogens with zero attached hydrogens (tertiary/aromatic N) is 1. The van der Waals surface area contributed by atoms with Crippen molar-refractivity contribution in [1.82, 2.24) is 5.06 Å². The summed E-state index contributed by atoms with van der Waals surface area (Å²) in [6.07, 6.45) is 0. The number of benzene rings is 1. The molecule has 24 heavy (non-hydrogen) atoms. The van der Waals surface area contributed by atoms with Gasteiger partial charge in [0.25, 0.3) is 0 Å². The number of carbonyl (C=O) groups is 2. The second kappa shape index (κ2) is 6.59. The van der Waals surface area contributed by atoms with E-state index >= 15 is 0 Å². The lowest BCUT2D eigenvalue weighted by molar-refractivity contribution is -0.167. The van der Waals surface area contributed by atoms with E-state index < -0.39 is 22.8 Å². The van der Waals surface area contributed by atoms with Gasteiger partial charge in [-0.05, 0) is 33.3 Å². The van der Waals surface area contributed by atoms with Crippen molar-refractivity contribution in [2.24, 2.45) is 5.41 Å². The zero-order chi connectivity index (χ0) is 18.0. The molecule has 0 radical (unpaired) electrons. The monoisotopic (exact) mass is 331 g/mol. The van der Waals surface area contributed by atoms with Gasteiger partial charge in [0.05, 0.1) is 6.61 Å². The van der Waals surface area contributed by atoms with E-state index in [1.165, 1.54) is 6.92 Å². The van der Waals surface area contributed by atoms with E-state index in [1.807, 2.05) is 30.3 Å². The van der Waals surface area contributed by atoms with E-state index in [1.54, 1.807) is 26.7 Å². The average Bonchev–Trinajstić information content (AvgIpc) is 2.76. The van der Waals surface area contributed by atoms with Gasteiger partial charge in [-0.15, -0.1) is 0 Å². The highest BCUT2D eigenvalue weighted by Gasteiger charge is 2.56. The van der Waals surface area contributed by atoms with Crippen molar-refractivity contribution in [1.29, 1.82) is 0 Å². The van der Waals surface area contributed by atoms with Gasteiger partial charge >= 0.3 is 5.97 Å². The van der Waals surface area contributed by atoms with Crippen LogP contribution in [0.5, 0.6) is 0 Å². The number of ketones is 1. The van der Waals surface area contributed by atoms with Crippen LogP contribution in [0.25, 0.3) is 0 Å². The average molecular weight is 331 g/mol. The molecule has 6 heteroatoms. The zero-order valence-corrected chi connectivity index (χ0v) is 14.3. The summed E-state index contributed by atoms with van der Waals surface area (Å²) < 4.78 is 5.30. The molecular formula is C18H21NO5. The minimum absolute atomic E-state index is 0.155. The number of hydrogen-bond acceptors (Lipinski definition) is 6. The molecule has 0 aromatic heterocycles. The molecule has 0 saturated carbocycles. The minimum atomic E-state index is -1.70. The molecule has 1 aromatic carbocycles. The summed E-state index contributed by atoms with van der Waals surface area (Å²) in [5.74, 6) is 0.455. The standard InChI is InChI=1S/C18H21NO5/c1-17(2,3)24-16(22)18(4)14(11-20)19(10-15(18)21)23-12-13-8-6-5-7-9-13/h5-9H,10,12H2,1-4H3/t18-/m1/s1. The van der Waals surface area contributed by atoms with Gasteiger partial charge in [0.2, 0.25) is 0 Å². The van der Waals surface area contributed by atoms with E-state index in [9.17, 15) is 14.4 Å². The molecule has 1 aliphatic rings. The summed E-state index contributed by atoms with van der Waals surface area (Å²) in [6.45, 7) is 6.43. The predicted octanol–water partition coefficient (Wildman–Crippen LogP) is 2.07. The number of Topliss-reactive ketones (excluding diaryl/α,β-unsaturated/α-hetero) is 1. The summed E-state index contributed by atoms with van der Waals surface area (Å²) >= 11 is 0. The first-order valence-corrected chi connectivity index (χ1v) is 7.65. The predicted molar refractivity (Wildman–Crippen MR) is 86.1 cm³/mol. The maximum atomic E-state index is 12.5. The molecule has 1 atom stereocenters. The fourth-order valence-corrected chi connectivity index (χ4v) is 2.33. The van der Waals surface area contributed by atoms with Crippen molar-refractivity contribution in [2.75, 3.05) is 6.54 Å². The van der Waals surface area contributed by atoms with E-state index in [-0.39, 0.29) is 18.8 Å². The zero-order valence-electron chi connectivity index (χ0n) is 14.3. The van der Waals surface area contributed by atoms with Gasteiger partial charge in [0.15, 0.2) is 11.2 Å². The van der Waals surface area contributed by atoms with E-state index in [2.05, 4.69) is 0 Å². The SMILES string of the molecule is CC(C)(C)OC(=O)[C@@]1(C)C(=O)CN(OCc2ccccc2)C1=C=O. The van der Waals surface area contributed by atoms with Crippen LogP contribution >= 0.6 is 0 Å². The number of esters is 1. The summed E-state index contributed by atoms with van der Waals surface area (Å²) in [4.78, 5) is 41.8. The second-order valence-electron chi connectivity index (χ2n) is 6.80. The molecule has 1 saturated heterocycles. The number of hydrogen-bond donors (Lipinski definition) is 0. The van der Waals surface area contributed by atoms with Crippen molar-refractivity contribution in [3.05, 3.63) is 41.6 Å². The van der Waals surface area contributed by atoms with Crippen molar-refractivity contribution in [3.8, 4) is 0 Å². The molecule has 1 aliphatic heterocycles. The molecule has 128 valence electrons. The molecule has 1 aromatic rings. The first kappa shape index (κ1) is 17.9. The normalized spacial score (nSPS) is 20.9. The van der Waals surface area contributed by atoms with E-state index in [0.29, 0.717) is 0 Å². The Bertz CT molecular complexity index is 685. The fourth-order valence-electron chi connectivity index (χ4n) is 2.33. The summed E-state index contributed by atoms with van der Waals surface area (Å²) in [6, 6.07) is 9.30. The van der Waals surface area contributed by atoms with Crippen LogP contribution in [0, 0.1) is 5.41 Å². The molecule has 0 N–H and O–H groups in total. The van der Waals surface area contributed by atoms with Crippen molar-refractivity contribution in [3.63, 3.8) is 0 Å². The maximum absolute atomic E-state index is 12.5. The molecule has 6 nitrogen and oxygen atoms in total. The maximum Gasteiger partial charge on any atom is 0.326 e. The fraction of sp³-hybridized carbons (Fsp3) is 0.444. The number of carbonyl (C=O) groups excluding carboxylic acids is 3. The van der Waals surface area contributed by atoms with Crippen molar-refractivity contribution >= 4 is 17.7 Å². The molecule has 0 amide bonds. The molecule has 2 rings (SSSR count). The highest BCUT2D eigenvalue weighted by atomic mass is 16.7. The molecule has 1 fully saturated rings. The van der Waals surface area contributed by atoms with Crippen LogP contribution in [0.2, 0.25) is 0 Å². The van der Waals surface area contributed by atoms with Gasteiger partial charge in [-0.1, -0.05) is 30.3 Å². The molecule has 0 unspecified atom stereocenters. The summed E-state index contributed by atoms with van der Waals surface area (Å²) in [7, 11) is 0. The lowest BCUT2D eigenvalue weighted by Gasteiger charge is -2.27. The third kappa shape index (κ3) is 3.55. The van der Waals surface area contributed by atoms with Gasteiger partial charge in [-0.3, -0.25) is 14.4 Å². The van der Waals surface area contributed by atoms with Gasteiger partial charge < -0.3 is 4.74 Å². The van der Waals surface area contributed by atoms with Crippen LogP contribution in [0.15, 0.2) is 36.0 Å². The van der Waals surface area contributed by atoms with Gasteiger partial charge in [-0.25, -0.2) is 9.86 Å². The third-order valence-electron chi connectivity index (χ3n) is 3.70. The Morgan fingerprint density at radius 1 is 1.29 bits per heavy atom. The van der Waals surface area contributed by atoms with E-state index in [0.717, 1.165) is 10.6 Å². The van der Waals surface area contributed by atoms with Crippen LogP contribution in [0.4, 0.5) is 0 Å². The molecular weight excluding hydrogens is 310 g/mol. The Balaban J connectivity index is 2.18. The van der Waals surface area contributed by atoms with Crippen LogP contribution in [0.1, 0.15) is 33.3 Å². The first-order chi connectivity index (χ1) is 11.2. The number of hydroxylamine groups is 2. The summed E-state index contributed by atoms with van der Waals surface area (Å²) in [5, 5.41) is 1.13. The smallest absolute Gasteiger partial charge is 0.326 e. The van der Waals surface area contributed by atoms with Gasteiger partial charge in [-0.2, -0.15) is 0 Å². The molecule has 1 heterocycles. The largest absolute Gasteiger partial charge is 0.459 e. The Hall–Kier alpha value is -2.43. The summed E-state index contributed by atoms with van der Waals surface area (Å²) in [5.41, 5.74) is -1.75. The Kier molecular flexibility index (Phi) is 4.92. The first-order valence-electron chi connectivity index (χ1n) is 7.65. The van der Waals surface area contributed by atoms with Crippen LogP contribution in [0.3, 0.4) is 0 Å². The van der Waals surface area contributed by atoms with Crippen molar-refractivity contribution < 1.29 is 24.0 Å². The third-order valence-corrected chi connectivity index (χ3v) is 3.70. The topological polar surface area (TPSA) is 72.9 Å². The van der Waals surface area contributed by atoms with Gasteiger partial charge in [0.1, 0.15) is 23.8 Å². The highest BCUT2D eigenvalue weighted by Crippen LogP contribution is 2.38.